The zero-order valence-corrected chi connectivity index (χ0v) is 15.5. The standard InChI is InChI=1S/C21H24N2O4/c1-14(2)20(25)23-17-10-7-15(8-11-17)13-22-19(24)12-9-16-5-3-4-6-18(16)21(26)27/h3-8,10-11,14H,9,12-13H2,1-2H3,(H,22,24)(H,23,25)(H,26,27). The van der Waals surface area contributed by atoms with Crippen LogP contribution in [0.1, 0.15) is 41.8 Å². The molecule has 2 aromatic carbocycles. The van der Waals surface area contributed by atoms with Crippen LogP contribution in [0.5, 0.6) is 0 Å². The third kappa shape index (κ3) is 6.26. The van der Waals surface area contributed by atoms with E-state index in [0.29, 0.717) is 24.2 Å². The Balaban J connectivity index is 1.82. The third-order valence-electron chi connectivity index (χ3n) is 4.10. The van der Waals surface area contributed by atoms with Crippen molar-refractivity contribution in [1.82, 2.24) is 5.32 Å². The van der Waals surface area contributed by atoms with Crippen LogP contribution in [-0.2, 0) is 22.6 Å². The topological polar surface area (TPSA) is 95.5 Å². The summed E-state index contributed by atoms with van der Waals surface area (Å²) in [5.41, 5.74) is 2.50. The first-order valence-corrected chi connectivity index (χ1v) is 8.84. The molecule has 6 nitrogen and oxygen atoms in total. The molecule has 0 bridgehead atoms. The van der Waals surface area contributed by atoms with Crippen molar-refractivity contribution in [1.29, 1.82) is 0 Å². The van der Waals surface area contributed by atoms with E-state index in [9.17, 15) is 14.4 Å². The van der Waals surface area contributed by atoms with E-state index in [-0.39, 0.29) is 29.7 Å². The summed E-state index contributed by atoms with van der Waals surface area (Å²) in [4.78, 5) is 34.9. The normalized spacial score (nSPS) is 10.5. The second-order valence-electron chi connectivity index (χ2n) is 6.58. The fraction of sp³-hybridized carbons (Fsp3) is 0.286. The largest absolute Gasteiger partial charge is 0.478 e. The van der Waals surface area contributed by atoms with Gasteiger partial charge in [0.1, 0.15) is 0 Å². The lowest BCUT2D eigenvalue weighted by atomic mass is 10.0. The molecule has 0 saturated heterocycles. The fourth-order valence-electron chi connectivity index (χ4n) is 2.48. The Kier molecular flexibility index (Phi) is 7.11. The average molecular weight is 368 g/mol. The minimum atomic E-state index is -0.990. The van der Waals surface area contributed by atoms with Crippen molar-refractivity contribution in [2.45, 2.75) is 33.2 Å². The molecule has 0 aliphatic carbocycles. The Morgan fingerprint density at radius 2 is 1.67 bits per heavy atom. The first-order valence-electron chi connectivity index (χ1n) is 8.84. The zero-order chi connectivity index (χ0) is 19.8. The zero-order valence-electron chi connectivity index (χ0n) is 15.5. The number of anilines is 1. The van der Waals surface area contributed by atoms with Crippen LogP contribution in [-0.4, -0.2) is 22.9 Å². The van der Waals surface area contributed by atoms with E-state index in [4.69, 9.17) is 5.11 Å². The van der Waals surface area contributed by atoms with Gasteiger partial charge < -0.3 is 15.7 Å². The number of aryl methyl sites for hydroxylation is 1. The quantitative estimate of drug-likeness (QED) is 0.667. The minimum Gasteiger partial charge on any atom is -0.478 e. The molecule has 2 aromatic rings. The third-order valence-corrected chi connectivity index (χ3v) is 4.10. The SMILES string of the molecule is CC(C)C(=O)Nc1ccc(CNC(=O)CCc2ccccc2C(=O)O)cc1. The van der Waals surface area contributed by atoms with Crippen molar-refractivity contribution < 1.29 is 19.5 Å². The molecule has 2 rings (SSSR count). The van der Waals surface area contributed by atoms with Crippen molar-refractivity contribution in [3.63, 3.8) is 0 Å². The number of carboxylic acids is 1. The monoisotopic (exact) mass is 368 g/mol. The number of hydrogen-bond acceptors (Lipinski definition) is 3. The molecule has 0 heterocycles. The van der Waals surface area contributed by atoms with Crippen molar-refractivity contribution >= 4 is 23.5 Å². The molecule has 6 heteroatoms. The lowest BCUT2D eigenvalue weighted by molar-refractivity contribution is -0.121. The summed E-state index contributed by atoms with van der Waals surface area (Å²) in [5.74, 6) is -1.27. The molecular weight excluding hydrogens is 344 g/mol. The van der Waals surface area contributed by atoms with E-state index in [1.807, 2.05) is 26.0 Å². The van der Waals surface area contributed by atoms with Crippen molar-refractivity contribution in [2.75, 3.05) is 5.32 Å². The average Bonchev–Trinajstić information content (AvgIpc) is 2.65. The highest BCUT2D eigenvalue weighted by Gasteiger charge is 2.11. The van der Waals surface area contributed by atoms with E-state index in [1.165, 1.54) is 6.07 Å². The number of carboxylic acid groups (broad SMARTS) is 1. The predicted octanol–water partition coefficient (Wildman–Crippen LogP) is 3.23. The summed E-state index contributed by atoms with van der Waals surface area (Å²) >= 11 is 0. The first kappa shape index (κ1) is 20.2. The van der Waals surface area contributed by atoms with E-state index >= 15 is 0 Å². The van der Waals surface area contributed by atoms with Gasteiger partial charge in [0.2, 0.25) is 11.8 Å². The summed E-state index contributed by atoms with van der Waals surface area (Å²) in [5, 5.41) is 14.8. The minimum absolute atomic E-state index is 0.0438. The maximum Gasteiger partial charge on any atom is 0.335 e. The maximum absolute atomic E-state index is 12.0. The van der Waals surface area contributed by atoms with Crippen LogP contribution in [0, 0.1) is 5.92 Å². The molecule has 0 aliphatic rings. The van der Waals surface area contributed by atoms with E-state index in [0.717, 1.165) is 5.56 Å². The van der Waals surface area contributed by atoms with Gasteiger partial charge in [-0.3, -0.25) is 9.59 Å². The van der Waals surface area contributed by atoms with Crippen molar-refractivity contribution in [2.24, 2.45) is 5.92 Å². The van der Waals surface area contributed by atoms with Gasteiger partial charge in [-0.1, -0.05) is 44.2 Å². The van der Waals surface area contributed by atoms with Crippen molar-refractivity contribution in [3.8, 4) is 0 Å². The summed E-state index contributed by atoms with van der Waals surface area (Å²) in [7, 11) is 0. The van der Waals surface area contributed by atoms with Gasteiger partial charge in [0.25, 0.3) is 0 Å². The lowest BCUT2D eigenvalue weighted by Crippen LogP contribution is -2.23. The van der Waals surface area contributed by atoms with E-state index in [2.05, 4.69) is 10.6 Å². The predicted molar refractivity (Wildman–Crippen MR) is 103 cm³/mol. The molecule has 3 N–H and O–H groups in total. The molecule has 27 heavy (non-hydrogen) atoms. The molecule has 0 unspecified atom stereocenters. The molecule has 0 aromatic heterocycles. The van der Waals surface area contributed by atoms with Gasteiger partial charge in [-0.05, 0) is 35.7 Å². The molecule has 0 spiro atoms. The number of carbonyl (C=O) groups excluding carboxylic acids is 2. The van der Waals surface area contributed by atoms with Gasteiger partial charge >= 0.3 is 5.97 Å². The number of hydrogen-bond donors (Lipinski definition) is 3. The maximum atomic E-state index is 12.0. The van der Waals surface area contributed by atoms with Gasteiger partial charge in [-0.15, -0.1) is 0 Å². The van der Waals surface area contributed by atoms with Gasteiger partial charge in [0, 0.05) is 24.6 Å². The molecule has 142 valence electrons. The van der Waals surface area contributed by atoms with Crippen LogP contribution in [0.4, 0.5) is 5.69 Å². The molecule has 0 aliphatic heterocycles. The van der Waals surface area contributed by atoms with Crippen LogP contribution in [0.25, 0.3) is 0 Å². The summed E-state index contributed by atoms with van der Waals surface area (Å²) < 4.78 is 0. The second kappa shape index (κ2) is 9.52. The molecule has 0 atom stereocenters. The Bertz CT molecular complexity index is 813. The fourth-order valence-corrected chi connectivity index (χ4v) is 2.48. The van der Waals surface area contributed by atoms with Gasteiger partial charge in [-0.25, -0.2) is 4.79 Å². The summed E-state index contributed by atoms with van der Waals surface area (Å²) in [6.07, 6.45) is 0.585. The number of rotatable bonds is 8. The van der Waals surface area contributed by atoms with Crippen LogP contribution in [0.2, 0.25) is 0 Å². The summed E-state index contributed by atoms with van der Waals surface area (Å²) in [6.45, 7) is 4.03. The number of nitrogens with one attached hydrogen (secondary N) is 2. The summed E-state index contributed by atoms with van der Waals surface area (Å²) in [6, 6.07) is 14.0. The highest BCUT2D eigenvalue weighted by Crippen LogP contribution is 2.12. The Morgan fingerprint density at radius 3 is 2.30 bits per heavy atom. The number of amides is 2. The van der Waals surface area contributed by atoms with Crippen LogP contribution < -0.4 is 10.6 Å². The highest BCUT2D eigenvalue weighted by atomic mass is 16.4. The van der Waals surface area contributed by atoms with Crippen LogP contribution in [0.15, 0.2) is 48.5 Å². The van der Waals surface area contributed by atoms with Crippen LogP contribution in [0.3, 0.4) is 0 Å². The first-order chi connectivity index (χ1) is 12.9. The number of benzene rings is 2. The highest BCUT2D eigenvalue weighted by molar-refractivity contribution is 5.92. The molecular formula is C21H24N2O4. The van der Waals surface area contributed by atoms with E-state index < -0.39 is 5.97 Å². The van der Waals surface area contributed by atoms with E-state index in [1.54, 1.807) is 30.3 Å². The van der Waals surface area contributed by atoms with Gasteiger partial charge in [-0.2, -0.15) is 0 Å². The smallest absolute Gasteiger partial charge is 0.335 e. The number of aromatic carboxylic acids is 1. The Labute approximate surface area is 158 Å². The molecule has 0 fully saturated rings. The molecule has 0 saturated carbocycles. The second-order valence-corrected chi connectivity index (χ2v) is 6.58. The number of carbonyl (C=O) groups is 3. The Morgan fingerprint density at radius 1 is 1.00 bits per heavy atom. The lowest BCUT2D eigenvalue weighted by Gasteiger charge is -2.10. The molecule has 0 radical (unpaired) electrons. The van der Waals surface area contributed by atoms with Crippen LogP contribution >= 0.6 is 0 Å². The molecule has 2 amide bonds. The van der Waals surface area contributed by atoms with Crippen molar-refractivity contribution in [3.05, 3.63) is 65.2 Å². The Hall–Kier alpha value is -3.15. The van der Waals surface area contributed by atoms with Gasteiger partial charge in [0.05, 0.1) is 5.56 Å². The van der Waals surface area contributed by atoms with Gasteiger partial charge in [0.15, 0.2) is 0 Å².